The SMILES string of the molecule is CC(N)(c1ccc(-c2cnc(N)nc2)cc1)C1CC1. The topological polar surface area (TPSA) is 77.8 Å². The Kier molecular flexibility index (Phi) is 2.75. The van der Waals surface area contributed by atoms with Gasteiger partial charge in [0, 0.05) is 23.5 Å². The van der Waals surface area contributed by atoms with Crippen LogP contribution in [0.5, 0.6) is 0 Å². The van der Waals surface area contributed by atoms with Crippen molar-refractivity contribution in [3.05, 3.63) is 42.2 Å². The molecule has 4 heteroatoms. The quantitative estimate of drug-likeness (QED) is 0.881. The van der Waals surface area contributed by atoms with Gasteiger partial charge in [-0.3, -0.25) is 0 Å². The van der Waals surface area contributed by atoms with Crippen molar-refractivity contribution in [3.8, 4) is 11.1 Å². The van der Waals surface area contributed by atoms with Crippen LogP contribution >= 0.6 is 0 Å². The van der Waals surface area contributed by atoms with Crippen LogP contribution in [0.1, 0.15) is 25.3 Å². The lowest BCUT2D eigenvalue weighted by Crippen LogP contribution is -2.35. The first-order chi connectivity index (χ1) is 9.07. The Hall–Kier alpha value is -1.94. The molecular weight excluding hydrogens is 236 g/mol. The molecule has 1 aliphatic rings. The van der Waals surface area contributed by atoms with E-state index in [9.17, 15) is 0 Å². The smallest absolute Gasteiger partial charge is 0.219 e. The highest BCUT2D eigenvalue weighted by Gasteiger charge is 2.39. The van der Waals surface area contributed by atoms with Gasteiger partial charge >= 0.3 is 0 Å². The maximum absolute atomic E-state index is 6.41. The van der Waals surface area contributed by atoms with Gasteiger partial charge in [0.15, 0.2) is 0 Å². The molecule has 4 N–H and O–H groups in total. The van der Waals surface area contributed by atoms with Gasteiger partial charge in [-0.1, -0.05) is 24.3 Å². The van der Waals surface area contributed by atoms with Crippen molar-refractivity contribution >= 4 is 5.95 Å². The molecule has 3 rings (SSSR count). The minimum Gasteiger partial charge on any atom is -0.368 e. The fraction of sp³-hybridized carbons (Fsp3) is 0.333. The molecule has 4 nitrogen and oxygen atoms in total. The first kappa shape index (κ1) is 12.1. The second kappa shape index (κ2) is 4.31. The van der Waals surface area contributed by atoms with Crippen LogP contribution in [-0.4, -0.2) is 9.97 Å². The van der Waals surface area contributed by atoms with Crippen molar-refractivity contribution in [2.24, 2.45) is 11.7 Å². The number of hydrogen-bond acceptors (Lipinski definition) is 4. The molecule has 0 spiro atoms. The summed E-state index contributed by atoms with van der Waals surface area (Å²) in [4.78, 5) is 8.01. The van der Waals surface area contributed by atoms with Gasteiger partial charge in [-0.05, 0) is 36.8 Å². The molecule has 0 aliphatic heterocycles. The maximum atomic E-state index is 6.41. The Morgan fingerprint density at radius 3 is 2.16 bits per heavy atom. The third-order valence-corrected chi connectivity index (χ3v) is 3.94. The molecule has 1 aromatic carbocycles. The summed E-state index contributed by atoms with van der Waals surface area (Å²) in [6.07, 6.45) is 5.95. The van der Waals surface area contributed by atoms with Crippen LogP contribution < -0.4 is 11.5 Å². The number of nitrogens with two attached hydrogens (primary N) is 2. The number of anilines is 1. The lowest BCUT2D eigenvalue weighted by Gasteiger charge is -2.25. The Morgan fingerprint density at radius 1 is 1.05 bits per heavy atom. The average Bonchev–Trinajstić information content (AvgIpc) is 3.24. The van der Waals surface area contributed by atoms with Gasteiger partial charge in [0.25, 0.3) is 0 Å². The van der Waals surface area contributed by atoms with Gasteiger partial charge in [0.2, 0.25) is 5.95 Å². The summed E-state index contributed by atoms with van der Waals surface area (Å²) in [5.41, 5.74) is 14.9. The van der Waals surface area contributed by atoms with Gasteiger partial charge in [-0.25, -0.2) is 9.97 Å². The third-order valence-electron chi connectivity index (χ3n) is 3.94. The molecular formula is C15H18N4. The molecule has 1 fully saturated rings. The van der Waals surface area contributed by atoms with Gasteiger partial charge in [-0.15, -0.1) is 0 Å². The molecule has 1 heterocycles. The zero-order chi connectivity index (χ0) is 13.5. The largest absolute Gasteiger partial charge is 0.368 e. The molecule has 1 unspecified atom stereocenters. The molecule has 1 aromatic heterocycles. The monoisotopic (exact) mass is 254 g/mol. The number of nitrogen functional groups attached to an aromatic ring is 1. The van der Waals surface area contributed by atoms with Gasteiger partial charge in [0.1, 0.15) is 0 Å². The molecule has 1 atom stereocenters. The number of benzene rings is 1. The maximum Gasteiger partial charge on any atom is 0.219 e. The van der Waals surface area contributed by atoms with Crippen molar-refractivity contribution in [1.29, 1.82) is 0 Å². The average molecular weight is 254 g/mol. The molecule has 0 bridgehead atoms. The molecule has 2 aromatic rings. The summed E-state index contributed by atoms with van der Waals surface area (Å²) in [7, 11) is 0. The van der Waals surface area contributed by atoms with Gasteiger partial charge < -0.3 is 11.5 Å². The number of rotatable bonds is 3. The zero-order valence-electron chi connectivity index (χ0n) is 11.0. The fourth-order valence-corrected chi connectivity index (χ4v) is 2.43. The van der Waals surface area contributed by atoms with E-state index in [4.69, 9.17) is 11.5 Å². The van der Waals surface area contributed by atoms with Crippen molar-refractivity contribution in [1.82, 2.24) is 9.97 Å². The Bertz CT molecular complexity index is 568. The number of aromatic nitrogens is 2. The van der Waals surface area contributed by atoms with Crippen LogP contribution in [0.2, 0.25) is 0 Å². The van der Waals surface area contributed by atoms with E-state index < -0.39 is 0 Å². The van der Waals surface area contributed by atoms with Crippen molar-refractivity contribution in [2.75, 3.05) is 5.73 Å². The highest BCUT2D eigenvalue weighted by molar-refractivity contribution is 5.62. The van der Waals surface area contributed by atoms with Crippen LogP contribution in [0.15, 0.2) is 36.7 Å². The van der Waals surface area contributed by atoms with Gasteiger partial charge in [-0.2, -0.15) is 0 Å². The molecule has 0 amide bonds. The molecule has 19 heavy (non-hydrogen) atoms. The predicted octanol–water partition coefficient (Wildman–Crippen LogP) is 2.31. The Labute approximate surface area is 112 Å². The number of hydrogen-bond donors (Lipinski definition) is 2. The third kappa shape index (κ3) is 2.31. The minimum atomic E-state index is -0.212. The normalized spacial score (nSPS) is 18.0. The highest BCUT2D eigenvalue weighted by atomic mass is 15.0. The summed E-state index contributed by atoms with van der Waals surface area (Å²) < 4.78 is 0. The standard InChI is InChI=1S/C15H18N4/c1-15(17,13-6-7-13)12-4-2-10(3-5-12)11-8-18-14(16)19-9-11/h2-5,8-9,13H,6-7,17H2,1H3,(H2,16,18,19). The van der Waals surface area contributed by atoms with E-state index >= 15 is 0 Å². The molecule has 0 saturated heterocycles. The summed E-state index contributed by atoms with van der Waals surface area (Å²) >= 11 is 0. The Balaban J connectivity index is 1.88. The van der Waals surface area contributed by atoms with Crippen molar-refractivity contribution < 1.29 is 0 Å². The van der Waals surface area contributed by atoms with Crippen LogP contribution in [0.3, 0.4) is 0 Å². The van der Waals surface area contributed by atoms with Crippen LogP contribution in [0, 0.1) is 5.92 Å². The summed E-state index contributed by atoms with van der Waals surface area (Å²) in [6.45, 7) is 2.12. The first-order valence-corrected chi connectivity index (χ1v) is 6.54. The van der Waals surface area contributed by atoms with E-state index in [-0.39, 0.29) is 5.54 Å². The van der Waals surface area contributed by atoms with E-state index in [1.54, 1.807) is 12.4 Å². The van der Waals surface area contributed by atoms with E-state index in [0.29, 0.717) is 11.9 Å². The van der Waals surface area contributed by atoms with E-state index in [1.165, 1.54) is 18.4 Å². The van der Waals surface area contributed by atoms with Crippen LogP contribution in [0.25, 0.3) is 11.1 Å². The molecule has 1 aliphatic carbocycles. The van der Waals surface area contributed by atoms with Crippen LogP contribution in [-0.2, 0) is 5.54 Å². The van der Waals surface area contributed by atoms with Crippen molar-refractivity contribution in [2.45, 2.75) is 25.3 Å². The first-order valence-electron chi connectivity index (χ1n) is 6.54. The minimum absolute atomic E-state index is 0.212. The van der Waals surface area contributed by atoms with E-state index in [0.717, 1.165) is 11.1 Å². The van der Waals surface area contributed by atoms with E-state index in [2.05, 4.69) is 41.2 Å². The van der Waals surface area contributed by atoms with Crippen molar-refractivity contribution in [3.63, 3.8) is 0 Å². The van der Waals surface area contributed by atoms with Crippen LogP contribution in [0.4, 0.5) is 5.95 Å². The zero-order valence-corrected chi connectivity index (χ0v) is 11.0. The summed E-state index contributed by atoms with van der Waals surface area (Å²) in [6, 6.07) is 8.34. The highest BCUT2D eigenvalue weighted by Crippen LogP contribution is 2.43. The van der Waals surface area contributed by atoms with Gasteiger partial charge in [0.05, 0.1) is 0 Å². The fourth-order valence-electron chi connectivity index (χ4n) is 2.43. The lowest BCUT2D eigenvalue weighted by atomic mass is 9.87. The Morgan fingerprint density at radius 2 is 1.63 bits per heavy atom. The number of nitrogens with zero attached hydrogens (tertiary/aromatic N) is 2. The molecule has 98 valence electrons. The summed E-state index contributed by atoms with van der Waals surface area (Å²) in [5.74, 6) is 0.918. The lowest BCUT2D eigenvalue weighted by molar-refractivity contribution is 0.427. The van der Waals surface area contributed by atoms with E-state index in [1.807, 2.05) is 0 Å². The second-order valence-corrected chi connectivity index (χ2v) is 5.46. The second-order valence-electron chi connectivity index (χ2n) is 5.46. The molecule has 0 radical (unpaired) electrons. The molecule has 1 saturated carbocycles. The summed E-state index contributed by atoms with van der Waals surface area (Å²) in [5, 5.41) is 0. The predicted molar refractivity (Wildman–Crippen MR) is 76.1 cm³/mol.